The van der Waals surface area contributed by atoms with Crippen LogP contribution in [0.3, 0.4) is 0 Å². The molecule has 0 atom stereocenters. The molecule has 0 aliphatic rings. The smallest absolute Gasteiger partial charge is 0.252 e. The minimum Gasteiger partial charge on any atom is -0.316 e. The molecule has 0 aromatic carbocycles. The molecule has 114 valence electrons. The van der Waals surface area contributed by atoms with E-state index in [0.717, 1.165) is 36.4 Å². The van der Waals surface area contributed by atoms with Gasteiger partial charge in [-0.15, -0.1) is 11.3 Å². The molecule has 20 heavy (non-hydrogen) atoms. The van der Waals surface area contributed by atoms with Gasteiger partial charge in [0.2, 0.25) is 0 Å². The van der Waals surface area contributed by atoms with Gasteiger partial charge in [0.25, 0.3) is 10.0 Å². The van der Waals surface area contributed by atoms with Gasteiger partial charge in [-0.2, -0.15) is 4.31 Å². The van der Waals surface area contributed by atoms with Gasteiger partial charge in [0, 0.05) is 18.5 Å². The highest BCUT2D eigenvalue weighted by atomic mass is 32.2. The van der Waals surface area contributed by atoms with Crippen LogP contribution in [-0.4, -0.2) is 39.4 Å². The van der Waals surface area contributed by atoms with Crippen LogP contribution >= 0.6 is 11.3 Å². The standard InChI is InChI=1S/C14H24N2O2S2/c1-5-9-15-10-8-13-6-7-14(19-13)20(17,18)16(4)11-12(2)3/h6-7,15H,2,5,8-11H2,1,3-4H3. The Bertz CT molecular complexity index is 535. The van der Waals surface area contributed by atoms with Crippen molar-refractivity contribution in [2.45, 2.75) is 30.9 Å². The predicted octanol–water partition coefficient (Wildman–Crippen LogP) is 2.49. The first-order valence-electron chi connectivity index (χ1n) is 6.78. The van der Waals surface area contributed by atoms with Crippen LogP contribution in [0.5, 0.6) is 0 Å². The number of sulfonamides is 1. The molecule has 0 radical (unpaired) electrons. The monoisotopic (exact) mass is 316 g/mol. The van der Waals surface area contributed by atoms with E-state index in [2.05, 4.69) is 18.8 Å². The number of nitrogens with zero attached hydrogens (tertiary/aromatic N) is 1. The topological polar surface area (TPSA) is 49.4 Å². The molecule has 1 aromatic heterocycles. The number of thiophene rings is 1. The molecule has 0 saturated heterocycles. The van der Waals surface area contributed by atoms with Crippen molar-refractivity contribution in [2.24, 2.45) is 0 Å². The van der Waals surface area contributed by atoms with Crippen molar-refractivity contribution >= 4 is 21.4 Å². The van der Waals surface area contributed by atoms with Gasteiger partial charge in [-0.25, -0.2) is 8.42 Å². The quantitative estimate of drug-likeness (QED) is 0.562. The van der Waals surface area contributed by atoms with Crippen LogP contribution in [0, 0.1) is 0 Å². The molecule has 0 aliphatic heterocycles. The summed E-state index contributed by atoms with van der Waals surface area (Å²) in [5.74, 6) is 0. The molecule has 0 amide bonds. The fourth-order valence-corrected chi connectivity index (χ4v) is 4.56. The van der Waals surface area contributed by atoms with Crippen LogP contribution in [0.2, 0.25) is 0 Å². The summed E-state index contributed by atoms with van der Waals surface area (Å²) in [5.41, 5.74) is 0.830. The largest absolute Gasteiger partial charge is 0.316 e. The van der Waals surface area contributed by atoms with Gasteiger partial charge >= 0.3 is 0 Å². The Balaban J connectivity index is 2.67. The first-order valence-corrected chi connectivity index (χ1v) is 9.03. The van der Waals surface area contributed by atoms with Crippen molar-refractivity contribution in [1.82, 2.24) is 9.62 Å². The second kappa shape index (κ2) is 7.93. The second-order valence-electron chi connectivity index (χ2n) is 4.94. The van der Waals surface area contributed by atoms with Gasteiger partial charge in [-0.3, -0.25) is 0 Å². The molecule has 0 unspecified atom stereocenters. The molecule has 0 aliphatic carbocycles. The lowest BCUT2D eigenvalue weighted by Crippen LogP contribution is -2.27. The van der Waals surface area contributed by atoms with Crippen LogP contribution in [0.1, 0.15) is 25.1 Å². The third-order valence-corrected chi connectivity index (χ3v) is 6.18. The fraction of sp³-hybridized carbons (Fsp3) is 0.571. The molecule has 0 saturated carbocycles. The highest BCUT2D eigenvalue weighted by molar-refractivity contribution is 7.91. The van der Waals surface area contributed by atoms with Gasteiger partial charge in [-0.05, 0) is 45.0 Å². The van der Waals surface area contributed by atoms with E-state index in [9.17, 15) is 8.42 Å². The minimum atomic E-state index is -3.38. The average Bonchev–Trinajstić information content (AvgIpc) is 2.83. The van der Waals surface area contributed by atoms with E-state index in [4.69, 9.17) is 0 Å². The van der Waals surface area contributed by atoms with Crippen molar-refractivity contribution in [1.29, 1.82) is 0 Å². The molecule has 4 nitrogen and oxygen atoms in total. The third-order valence-electron chi connectivity index (χ3n) is 2.77. The number of nitrogens with one attached hydrogen (secondary N) is 1. The van der Waals surface area contributed by atoms with Crippen molar-refractivity contribution in [2.75, 3.05) is 26.7 Å². The van der Waals surface area contributed by atoms with E-state index < -0.39 is 10.0 Å². The van der Waals surface area contributed by atoms with Crippen molar-refractivity contribution in [3.63, 3.8) is 0 Å². The number of hydrogen-bond donors (Lipinski definition) is 1. The van der Waals surface area contributed by atoms with Crippen LogP contribution in [0.15, 0.2) is 28.5 Å². The Kier molecular flexibility index (Phi) is 6.88. The summed E-state index contributed by atoms with van der Waals surface area (Å²) in [7, 11) is -1.79. The lowest BCUT2D eigenvalue weighted by Gasteiger charge is -2.15. The Morgan fingerprint density at radius 3 is 2.70 bits per heavy atom. The van der Waals surface area contributed by atoms with E-state index in [-0.39, 0.29) is 0 Å². The van der Waals surface area contributed by atoms with Crippen molar-refractivity contribution < 1.29 is 8.42 Å². The molecular formula is C14H24N2O2S2. The van der Waals surface area contributed by atoms with Crippen LogP contribution < -0.4 is 5.32 Å². The van der Waals surface area contributed by atoms with Gasteiger partial charge < -0.3 is 5.32 Å². The van der Waals surface area contributed by atoms with E-state index in [0.29, 0.717) is 10.8 Å². The zero-order valence-corrected chi connectivity index (χ0v) is 14.1. The van der Waals surface area contributed by atoms with E-state index in [1.165, 1.54) is 15.6 Å². The summed E-state index contributed by atoms with van der Waals surface area (Å²) in [4.78, 5) is 1.09. The molecule has 1 heterocycles. The zero-order chi connectivity index (χ0) is 15.2. The van der Waals surface area contributed by atoms with Crippen LogP contribution in [0.25, 0.3) is 0 Å². The fourth-order valence-electron chi connectivity index (χ4n) is 1.76. The molecule has 6 heteroatoms. The Morgan fingerprint density at radius 2 is 2.10 bits per heavy atom. The normalized spacial score (nSPS) is 12.0. The SMILES string of the molecule is C=C(C)CN(C)S(=O)(=O)c1ccc(CCNCCC)s1. The third kappa shape index (κ3) is 5.01. The first kappa shape index (κ1) is 17.4. The Labute approximate surface area is 126 Å². The summed E-state index contributed by atoms with van der Waals surface area (Å²) in [6.07, 6.45) is 1.97. The summed E-state index contributed by atoms with van der Waals surface area (Å²) in [6.45, 7) is 9.94. The second-order valence-corrected chi connectivity index (χ2v) is 8.38. The van der Waals surface area contributed by atoms with E-state index in [1.54, 1.807) is 13.1 Å². The summed E-state index contributed by atoms with van der Waals surface area (Å²) in [6, 6.07) is 3.60. The maximum atomic E-state index is 12.3. The highest BCUT2D eigenvalue weighted by Gasteiger charge is 2.22. The molecule has 1 aromatic rings. The van der Waals surface area contributed by atoms with Crippen molar-refractivity contribution in [3.05, 3.63) is 29.2 Å². The number of hydrogen-bond acceptors (Lipinski definition) is 4. The molecular weight excluding hydrogens is 292 g/mol. The van der Waals surface area contributed by atoms with Gasteiger partial charge in [0.15, 0.2) is 0 Å². The molecule has 1 N–H and O–H groups in total. The van der Waals surface area contributed by atoms with E-state index >= 15 is 0 Å². The molecule has 0 bridgehead atoms. The van der Waals surface area contributed by atoms with Gasteiger partial charge in [0.05, 0.1) is 0 Å². The minimum absolute atomic E-state index is 0.355. The first-order chi connectivity index (χ1) is 9.37. The molecule has 0 fully saturated rings. The molecule has 1 rings (SSSR count). The zero-order valence-electron chi connectivity index (χ0n) is 12.5. The predicted molar refractivity (Wildman–Crippen MR) is 85.8 cm³/mol. The Morgan fingerprint density at radius 1 is 1.40 bits per heavy atom. The van der Waals surface area contributed by atoms with Crippen LogP contribution in [-0.2, 0) is 16.4 Å². The Hall–Kier alpha value is -0.690. The summed E-state index contributed by atoms with van der Waals surface area (Å²) >= 11 is 1.35. The number of likely N-dealkylation sites (N-methyl/N-ethyl adjacent to an activating group) is 1. The summed E-state index contributed by atoms with van der Waals surface area (Å²) < 4.78 is 26.4. The van der Waals surface area contributed by atoms with E-state index in [1.807, 2.05) is 13.0 Å². The lowest BCUT2D eigenvalue weighted by atomic mass is 10.3. The lowest BCUT2D eigenvalue weighted by molar-refractivity contribution is 0.495. The van der Waals surface area contributed by atoms with Gasteiger partial charge in [-0.1, -0.05) is 19.1 Å². The highest BCUT2D eigenvalue weighted by Crippen LogP contribution is 2.24. The maximum absolute atomic E-state index is 12.3. The van der Waals surface area contributed by atoms with Crippen molar-refractivity contribution in [3.8, 4) is 0 Å². The summed E-state index contributed by atoms with van der Waals surface area (Å²) in [5, 5.41) is 3.32. The maximum Gasteiger partial charge on any atom is 0.252 e. The van der Waals surface area contributed by atoms with Gasteiger partial charge in [0.1, 0.15) is 4.21 Å². The number of rotatable bonds is 9. The van der Waals surface area contributed by atoms with Crippen LogP contribution in [0.4, 0.5) is 0 Å². The molecule has 0 spiro atoms. The average molecular weight is 316 g/mol.